The van der Waals surface area contributed by atoms with Crippen molar-refractivity contribution in [2.24, 2.45) is 5.92 Å². The minimum Gasteiger partial charge on any atom is -0.503 e. The number of ketones is 1. The molecule has 3 rings (SSSR count). The van der Waals surface area contributed by atoms with Gasteiger partial charge < -0.3 is 10.2 Å². The van der Waals surface area contributed by atoms with Gasteiger partial charge in [-0.3, -0.25) is 4.79 Å². The predicted octanol–water partition coefficient (Wildman–Crippen LogP) is 2.17. The number of phenols is 1. The Bertz CT molecular complexity index is 586. The Balaban J connectivity index is 2.12. The molecule has 1 aromatic carbocycles. The van der Waals surface area contributed by atoms with Crippen molar-refractivity contribution in [3.05, 3.63) is 35.4 Å². The maximum Gasteiger partial charge on any atom is 0.187 e. The number of hydrogen-bond donors (Lipinski definition) is 2. The minimum atomic E-state index is -1.33. The van der Waals surface area contributed by atoms with Gasteiger partial charge in [0.25, 0.3) is 0 Å². The SMILES string of the molecule is O=C1C=C(c2cc(F)c(O)c(F)c2)C2(O)CCCC12. The summed E-state index contributed by atoms with van der Waals surface area (Å²) < 4.78 is 26.8. The van der Waals surface area contributed by atoms with Crippen molar-refractivity contribution >= 4 is 11.4 Å². The normalized spacial score (nSPS) is 29.5. The number of rotatable bonds is 1. The zero-order valence-corrected chi connectivity index (χ0v) is 9.99. The van der Waals surface area contributed by atoms with Crippen LogP contribution in [0.15, 0.2) is 18.2 Å². The van der Waals surface area contributed by atoms with E-state index in [2.05, 4.69) is 0 Å². The summed E-state index contributed by atoms with van der Waals surface area (Å²) in [5, 5.41) is 19.6. The summed E-state index contributed by atoms with van der Waals surface area (Å²) in [6.45, 7) is 0. The first-order valence-electron chi connectivity index (χ1n) is 6.10. The number of hydrogen-bond acceptors (Lipinski definition) is 3. The van der Waals surface area contributed by atoms with Crippen LogP contribution in [0.5, 0.6) is 5.75 Å². The molecule has 3 nitrogen and oxygen atoms in total. The topological polar surface area (TPSA) is 57.5 Å². The molecule has 0 saturated heterocycles. The van der Waals surface area contributed by atoms with E-state index >= 15 is 0 Å². The van der Waals surface area contributed by atoms with Crippen LogP contribution in [0.2, 0.25) is 0 Å². The van der Waals surface area contributed by atoms with Crippen LogP contribution in [-0.4, -0.2) is 21.6 Å². The minimum absolute atomic E-state index is 0.105. The van der Waals surface area contributed by atoms with E-state index in [1.807, 2.05) is 0 Å². The highest BCUT2D eigenvalue weighted by Crippen LogP contribution is 2.50. The van der Waals surface area contributed by atoms with Crippen LogP contribution in [0.1, 0.15) is 24.8 Å². The number of aromatic hydroxyl groups is 1. The molecule has 2 unspecified atom stereocenters. The van der Waals surface area contributed by atoms with Gasteiger partial charge in [-0.2, -0.15) is 0 Å². The summed E-state index contributed by atoms with van der Waals surface area (Å²) in [7, 11) is 0. The number of carbonyl (C=O) groups is 1. The molecule has 5 heteroatoms. The number of fused-ring (bicyclic) bond motifs is 1. The average Bonchev–Trinajstić information content (AvgIpc) is 2.84. The number of phenolic OH excluding ortho intramolecular Hbond substituents is 1. The molecule has 0 aromatic heterocycles. The van der Waals surface area contributed by atoms with Crippen molar-refractivity contribution in [1.29, 1.82) is 0 Å². The van der Waals surface area contributed by atoms with Gasteiger partial charge in [0.05, 0.1) is 5.92 Å². The lowest BCUT2D eigenvalue weighted by Gasteiger charge is -2.26. The predicted molar refractivity (Wildman–Crippen MR) is 63.3 cm³/mol. The molecule has 1 saturated carbocycles. The van der Waals surface area contributed by atoms with Crippen LogP contribution in [0.4, 0.5) is 8.78 Å². The lowest BCUT2D eigenvalue weighted by atomic mass is 9.85. The van der Waals surface area contributed by atoms with Crippen LogP contribution in [0, 0.1) is 17.6 Å². The highest BCUT2D eigenvalue weighted by molar-refractivity contribution is 6.07. The fourth-order valence-corrected chi connectivity index (χ4v) is 3.11. The van der Waals surface area contributed by atoms with Crippen molar-refractivity contribution in [2.45, 2.75) is 24.9 Å². The summed E-state index contributed by atoms with van der Waals surface area (Å²) in [6, 6.07) is 1.88. The second-order valence-electron chi connectivity index (χ2n) is 5.12. The van der Waals surface area contributed by atoms with Gasteiger partial charge in [-0.15, -0.1) is 0 Å². The van der Waals surface area contributed by atoms with Crippen molar-refractivity contribution in [2.75, 3.05) is 0 Å². The van der Waals surface area contributed by atoms with Crippen LogP contribution in [0.3, 0.4) is 0 Å². The second-order valence-corrected chi connectivity index (χ2v) is 5.12. The van der Waals surface area contributed by atoms with Gasteiger partial charge in [-0.05, 0) is 48.6 Å². The first kappa shape index (κ1) is 12.3. The molecule has 0 aliphatic heterocycles. The van der Waals surface area contributed by atoms with E-state index in [9.17, 15) is 18.7 Å². The number of aliphatic hydroxyl groups is 1. The van der Waals surface area contributed by atoms with Crippen LogP contribution >= 0.6 is 0 Å². The molecule has 1 fully saturated rings. The fraction of sp³-hybridized carbons (Fsp3) is 0.357. The first-order chi connectivity index (χ1) is 8.93. The Morgan fingerprint density at radius 3 is 2.53 bits per heavy atom. The van der Waals surface area contributed by atoms with E-state index in [-0.39, 0.29) is 16.9 Å². The highest BCUT2D eigenvalue weighted by atomic mass is 19.1. The van der Waals surface area contributed by atoms with Crippen molar-refractivity contribution in [3.8, 4) is 5.75 Å². The van der Waals surface area contributed by atoms with E-state index in [0.717, 1.165) is 12.1 Å². The molecule has 0 bridgehead atoms. The average molecular weight is 266 g/mol. The lowest BCUT2D eigenvalue weighted by molar-refractivity contribution is -0.120. The zero-order valence-electron chi connectivity index (χ0n) is 9.99. The molecule has 2 N–H and O–H groups in total. The van der Waals surface area contributed by atoms with Gasteiger partial charge in [-0.1, -0.05) is 0 Å². The summed E-state index contributed by atoms with van der Waals surface area (Å²) in [4.78, 5) is 11.8. The van der Waals surface area contributed by atoms with E-state index < -0.39 is 28.9 Å². The van der Waals surface area contributed by atoms with E-state index in [1.54, 1.807) is 0 Å². The van der Waals surface area contributed by atoms with Crippen molar-refractivity contribution < 1.29 is 23.8 Å². The molecule has 100 valence electrons. The molecule has 2 aliphatic carbocycles. The lowest BCUT2D eigenvalue weighted by Crippen LogP contribution is -2.33. The van der Waals surface area contributed by atoms with Crippen molar-refractivity contribution in [1.82, 2.24) is 0 Å². The Morgan fingerprint density at radius 1 is 1.26 bits per heavy atom. The standard InChI is InChI=1S/C14H12F2O3/c15-10-4-7(5-11(16)13(10)18)9-6-12(17)8-2-1-3-14(8,9)19/h4-6,8,18-19H,1-3H2. The molecule has 2 aliphatic rings. The number of benzene rings is 1. The molecule has 2 atom stereocenters. The zero-order chi connectivity index (χ0) is 13.8. The van der Waals surface area contributed by atoms with Gasteiger partial charge in [0.1, 0.15) is 5.60 Å². The van der Waals surface area contributed by atoms with Crippen LogP contribution in [-0.2, 0) is 4.79 Å². The molecule has 0 amide bonds. The van der Waals surface area contributed by atoms with Crippen molar-refractivity contribution in [3.63, 3.8) is 0 Å². The van der Waals surface area contributed by atoms with E-state index in [1.165, 1.54) is 6.08 Å². The number of allylic oxidation sites excluding steroid dienone is 1. The van der Waals surface area contributed by atoms with Crippen LogP contribution < -0.4 is 0 Å². The quantitative estimate of drug-likeness (QED) is 0.819. The Kier molecular flexibility index (Phi) is 2.50. The highest BCUT2D eigenvalue weighted by Gasteiger charge is 2.51. The van der Waals surface area contributed by atoms with E-state index in [4.69, 9.17) is 5.11 Å². The number of carbonyl (C=O) groups excluding carboxylic acids is 1. The van der Waals surface area contributed by atoms with Gasteiger partial charge in [-0.25, -0.2) is 8.78 Å². The molecular formula is C14H12F2O3. The molecule has 0 radical (unpaired) electrons. The largest absolute Gasteiger partial charge is 0.503 e. The Hall–Kier alpha value is -1.75. The molecular weight excluding hydrogens is 254 g/mol. The number of halogens is 2. The maximum atomic E-state index is 13.4. The molecule has 0 spiro atoms. The summed E-state index contributed by atoms with van der Waals surface area (Å²) in [5.74, 6) is -3.98. The van der Waals surface area contributed by atoms with Gasteiger partial charge in [0, 0.05) is 0 Å². The summed E-state index contributed by atoms with van der Waals surface area (Å²) in [6.07, 6.45) is 2.94. The van der Waals surface area contributed by atoms with Gasteiger partial charge in [0.2, 0.25) is 0 Å². The monoisotopic (exact) mass is 266 g/mol. The molecule has 0 heterocycles. The molecule has 19 heavy (non-hydrogen) atoms. The second kappa shape index (κ2) is 3.87. The summed E-state index contributed by atoms with van der Waals surface area (Å²) >= 11 is 0. The maximum absolute atomic E-state index is 13.4. The Morgan fingerprint density at radius 2 is 1.89 bits per heavy atom. The third-order valence-corrected chi connectivity index (χ3v) is 4.05. The van der Waals surface area contributed by atoms with Crippen LogP contribution in [0.25, 0.3) is 5.57 Å². The van der Waals surface area contributed by atoms with Gasteiger partial charge in [0.15, 0.2) is 23.2 Å². The molecule has 1 aromatic rings. The summed E-state index contributed by atoms with van der Waals surface area (Å²) in [5.41, 5.74) is -0.974. The first-order valence-corrected chi connectivity index (χ1v) is 6.10. The third-order valence-electron chi connectivity index (χ3n) is 4.05. The third kappa shape index (κ3) is 1.61. The smallest absolute Gasteiger partial charge is 0.187 e. The van der Waals surface area contributed by atoms with E-state index in [0.29, 0.717) is 19.3 Å². The van der Waals surface area contributed by atoms with Gasteiger partial charge >= 0.3 is 0 Å². The fourth-order valence-electron chi connectivity index (χ4n) is 3.11. The Labute approximate surface area is 108 Å².